The molecule has 0 radical (unpaired) electrons. The third-order valence-corrected chi connectivity index (χ3v) is 1.14. The number of halogens is 5. The van der Waals surface area contributed by atoms with Gasteiger partial charge in [0.15, 0.2) is 0 Å². The van der Waals surface area contributed by atoms with Gasteiger partial charge in [0.05, 0.1) is 0 Å². The van der Waals surface area contributed by atoms with Crippen LogP contribution >= 0.6 is 0 Å². The van der Waals surface area contributed by atoms with Gasteiger partial charge >= 0.3 is 6.18 Å². The highest BCUT2D eigenvalue weighted by Gasteiger charge is 2.27. The molecule has 0 rings (SSSR count). The molecule has 0 bridgehead atoms. The van der Waals surface area contributed by atoms with Crippen molar-refractivity contribution in [2.75, 3.05) is 0 Å². The minimum absolute atomic E-state index is 0.282. The zero-order chi connectivity index (χ0) is 11.9. The van der Waals surface area contributed by atoms with E-state index in [2.05, 4.69) is 0 Å². The molecule has 0 saturated heterocycles. The van der Waals surface area contributed by atoms with Crippen LogP contribution in [0.3, 0.4) is 0 Å². The Labute approximate surface area is 81.5 Å². The van der Waals surface area contributed by atoms with Crippen LogP contribution in [-0.4, -0.2) is 12.6 Å². The average Bonchev–Trinajstić information content (AvgIpc) is 1.81. The van der Waals surface area contributed by atoms with Crippen LogP contribution in [0.2, 0.25) is 0 Å². The van der Waals surface area contributed by atoms with E-state index >= 15 is 0 Å². The van der Waals surface area contributed by atoms with Gasteiger partial charge in [-0.25, -0.2) is 8.78 Å². The fraction of sp³-hybridized carbons (Fsp3) is 1.00. The first kappa shape index (κ1) is 16.1. The molecule has 0 aromatic carbocycles. The van der Waals surface area contributed by atoms with Crippen LogP contribution in [0.15, 0.2) is 0 Å². The summed E-state index contributed by atoms with van der Waals surface area (Å²) in [6.45, 7) is 6.08. The first-order valence-corrected chi connectivity index (χ1v) is 4.41. The molecule has 0 fully saturated rings. The van der Waals surface area contributed by atoms with Gasteiger partial charge < -0.3 is 0 Å². The molecule has 0 aliphatic heterocycles. The second kappa shape index (κ2) is 7.01. The largest absolute Gasteiger partial charge is 0.389 e. The molecule has 0 spiro atoms. The van der Waals surface area contributed by atoms with Crippen molar-refractivity contribution < 1.29 is 22.0 Å². The summed E-state index contributed by atoms with van der Waals surface area (Å²) in [5.41, 5.74) is 0. The number of alkyl halides is 5. The quantitative estimate of drug-likeness (QED) is 0.601. The highest BCUT2D eigenvalue weighted by molar-refractivity contribution is 4.52. The fourth-order valence-corrected chi connectivity index (χ4v) is 0.463. The van der Waals surface area contributed by atoms with Crippen molar-refractivity contribution in [1.82, 2.24) is 0 Å². The van der Waals surface area contributed by atoms with E-state index in [1.54, 1.807) is 13.8 Å². The van der Waals surface area contributed by atoms with Crippen LogP contribution in [0.1, 0.15) is 34.1 Å². The Morgan fingerprint density at radius 2 is 1.21 bits per heavy atom. The van der Waals surface area contributed by atoms with Gasteiger partial charge in [-0.05, 0) is 5.92 Å². The number of hydrogen-bond donors (Lipinski definition) is 0. The Morgan fingerprint density at radius 1 is 0.929 bits per heavy atom. The first-order chi connectivity index (χ1) is 6.06. The summed E-state index contributed by atoms with van der Waals surface area (Å²) < 4.78 is 56.2. The Hall–Kier alpha value is -0.350. The summed E-state index contributed by atoms with van der Waals surface area (Å²) in [7, 11) is 0. The molecule has 0 atom stereocenters. The van der Waals surface area contributed by atoms with Gasteiger partial charge in [-0.1, -0.05) is 27.7 Å². The maximum absolute atomic E-state index is 11.3. The lowest BCUT2D eigenvalue weighted by molar-refractivity contribution is -0.141. The molecular formula is C9H17F5. The third-order valence-electron chi connectivity index (χ3n) is 1.14. The summed E-state index contributed by atoms with van der Waals surface area (Å²) in [6, 6.07) is 0. The van der Waals surface area contributed by atoms with E-state index in [9.17, 15) is 22.0 Å². The van der Waals surface area contributed by atoms with Gasteiger partial charge in [-0.15, -0.1) is 0 Å². The first-order valence-electron chi connectivity index (χ1n) is 4.41. The standard InChI is InChI=1S/C5H9F3.C4H8F2/c1-4(2)3-5(6,7)8;1-3(2)4(5)6/h4H,3H2,1-2H3;3-4H,1-2H3. The van der Waals surface area contributed by atoms with E-state index in [-0.39, 0.29) is 5.92 Å². The monoisotopic (exact) mass is 220 g/mol. The normalized spacial score (nSPS) is 12.0. The molecule has 0 aromatic heterocycles. The summed E-state index contributed by atoms with van der Waals surface area (Å²) in [6.07, 6.45) is -6.80. The van der Waals surface area contributed by atoms with E-state index in [0.717, 1.165) is 0 Å². The Morgan fingerprint density at radius 3 is 1.21 bits per heavy atom. The van der Waals surface area contributed by atoms with E-state index < -0.39 is 24.9 Å². The van der Waals surface area contributed by atoms with Gasteiger partial charge in [0.1, 0.15) is 0 Å². The lowest BCUT2D eigenvalue weighted by atomic mass is 10.1. The predicted molar refractivity (Wildman–Crippen MR) is 46.4 cm³/mol. The maximum atomic E-state index is 11.3. The Bertz CT molecular complexity index is 120. The maximum Gasteiger partial charge on any atom is 0.389 e. The molecule has 0 amide bonds. The summed E-state index contributed by atoms with van der Waals surface area (Å²) >= 11 is 0. The average molecular weight is 220 g/mol. The molecule has 0 N–H and O–H groups in total. The fourth-order valence-electron chi connectivity index (χ4n) is 0.463. The minimum atomic E-state index is -3.98. The molecule has 0 nitrogen and oxygen atoms in total. The molecule has 88 valence electrons. The van der Waals surface area contributed by atoms with Crippen molar-refractivity contribution in [3.63, 3.8) is 0 Å². The molecule has 0 unspecified atom stereocenters. The SMILES string of the molecule is CC(C)C(F)F.CC(C)CC(F)(F)F. The van der Waals surface area contributed by atoms with Crippen molar-refractivity contribution >= 4 is 0 Å². The van der Waals surface area contributed by atoms with Crippen molar-refractivity contribution in [3.8, 4) is 0 Å². The van der Waals surface area contributed by atoms with Gasteiger partial charge in [-0.3, -0.25) is 0 Å². The predicted octanol–water partition coefficient (Wildman–Crippen LogP) is 4.50. The number of hydrogen-bond acceptors (Lipinski definition) is 0. The summed E-state index contributed by atoms with van der Waals surface area (Å²) in [5, 5.41) is 0. The minimum Gasteiger partial charge on any atom is -0.210 e. The van der Waals surface area contributed by atoms with Crippen LogP contribution in [0.25, 0.3) is 0 Å². The van der Waals surface area contributed by atoms with Gasteiger partial charge in [0.25, 0.3) is 0 Å². The molecule has 0 saturated carbocycles. The molecule has 0 aliphatic carbocycles. The lowest BCUT2D eigenvalue weighted by Crippen LogP contribution is -2.10. The van der Waals surface area contributed by atoms with E-state index in [1.807, 2.05) is 0 Å². The molecular weight excluding hydrogens is 203 g/mol. The van der Waals surface area contributed by atoms with Gasteiger partial charge in [-0.2, -0.15) is 13.2 Å². The topological polar surface area (TPSA) is 0 Å². The van der Waals surface area contributed by atoms with Crippen LogP contribution in [-0.2, 0) is 0 Å². The van der Waals surface area contributed by atoms with Crippen molar-refractivity contribution in [1.29, 1.82) is 0 Å². The molecule has 0 aromatic rings. The lowest BCUT2D eigenvalue weighted by Gasteiger charge is -2.07. The zero-order valence-corrected chi connectivity index (χ0v) is 8.83. The van der Waals surface area contributed by atoms with Crippen LogP contribution in [0.5, 0.6) is 0 Å². The smallest absolute Gasteiger partial charge is 0.210 e. The Balaban J connectivity index is 0. The van der Waals surface area contributed by atoms with Crippen LogP contribution < -0.4 is 0 Å². The van der Waals surface area contributed by atoms with E-state index in [1.165, 1.54) is 13.8 Å². The third kappa shape index (κ3) is 17.7. The van der Waals surface area contributed by atoms with Gasteiger partial charge in [0, 0.05) is 12.3 Å². The van der Waals surface area contributed by atoms with E-state index in [0.29, 0.717) is 0 Å². The highest BCUT2D eigenvalue weighted by Crippen LogP contribution is 2.23. The second-order valence-corrected chi connectivity index (χ2v) is 3.79. The summed E-state index contributed by atoms with van der Waals surface area (Å²) in [5.74, 6) is -0.764. The second-order valence-electron chi connectivity index (χ2n) is 3.79. The summed E-state index contributed by atoms with van der Waals surface area (Å²) in [4.78, 5) is 0. The van der Waals surface area contributed by atoms with Crippen LogP contribution in [0, 0.1) is 11.8 Å². The number of rotatable bonds is 2. The van der Waals surface area contributed by atoms with E-state index in [4.69, 9.17) is 0 Å². The van der Waals surface area contributed by atoms with Gasteiger partial charge in [0.2, 0.25) is 6.43 Å². The zero-order valence-electron chi connectivity index (χ0n) is 8.83. The molecule has 0 aliphatic rings. The highest BCUT2D eigenvalue weighted by atomic mass is 19.4. The molecule has 5 heteroatoms. The van der Waals surface area contributed by atoms with Crippen molar-refractivity contribution in [3.05, 3.63) is 0 Å². The Kier molecular flexibility index (Phi) is 8.06. The molecule has 14 heavy (non-hydrogen) atoms. The van der Waals surface area contributed by atoms with Crippen molar-refractivity contribution in [2.45, 2.75) is 46.7 Å². The van der Waals surface area contributed by atoms with Crippen LogP contribution in [0.4, 0.5) is 22.0 Å². The van der Waals surface area contributed by atoms with Crippen molar-refractivity contribution in [2.24, 2.45) is 11.8 Å². The molecule has 0 heterocycles.